The second kappa shape index (κ2) is 14.3. The molecule has 1 heterocycles. The third-order valence-electron chi connectivity index (χ3n) is 5.76. The minimum atomic E-state index is -0.870. The van der Waals surface area contributed by atoms with E-state index < -0.39 is 29.1 Å². The average Bonchev–Trinajstić information content (AvgIpc) is 3.09. The minimum absolute atomic E-state index is 0.0305. The summed E-state index contributed by atoms with van der Waals surface area (Å²) in [5.41, 5.74) is 1.82. The molecule has 0 radical (unpaired) electrons. The highest BCUT2D eigenvalue weighted by Crippen LogP contribution is 2.32. The summed E-state index contributed by atoms with van der Waals surface area (Å²) in [6.45, 7) is 7.21. The number of hydrogen-bond donors (Lipinski definition) is 3. The summed E-state index contributed by atoms with van der Waals surface area (Å²) in [6, 6.07) is 5.87. The molecule has 36 heavy (non-hydrogen) atoms. The monoisotopic (exact) mass is 536 g/mol. The third-order valence-corrected chi connectivity index (χ3v) is 7.82. The highest BCUT2D eigenvalue weighted by Gasteiger charge is 2.39. The maximum atomic E-state index is 12.9. The zero-order valence-electron chi connectivity index (χ0n) is 21.5. The van der Waals surface area contributed by atoms with E-state index in [-0.39, 0.29) is 43.0 Å². The maximum Gasteiger partial charge on any atom is 0.246 e. The smallest absolute Gasteiger partial charge is 0.246 e. The van der Waals surface area contributed by atoms with Gasteiger partial charge in [0.25, 0.3) is 0 Å². The van der Waals surface area contributed by atoms with Gasteiger partial charge in [-0.25, -0.2) is 0 Å². The minimum Gasteiger partial charge on any atom is -0.344 e. The zero-order valence-corrected chi connectivity index (χ0v) is 23.1. The van der Waals surface area contributed by atoms with E-state index in [0.29, 0.717) is 5.69 Å². The molecule has 0 aromatic heterocycles. The Morgan fingerprint density at radius 1 is 1.06 bits per heavy atom. The molecule has 0 bridgehead atoms. The zero-order chi connectivity index (χ0) is 26.8. The van der Waals surface area contributed by atoms with E-state index in [1.54, 1.807) is 20.8 Å². The normalized spacial score (nSPS) is 17.2. The van der Waals surface area contributed by atoms with Gasteiger partial charge in [0.2, 0.25) is 29.5 Å². The fourth-order valence-electron chi connectivity index (χ4n) is 3.74. The summed E-state index contributed by atoms with van der Waals surface area (Å²) < 4.78 is 0. The molecule has 11 heteroatoms. The first kappa shape index (κ1) is 29.7. The van der Waals surface area contributed by atoms with E-state index in [4.69, 9.17) is 0 Å². The topological polar surface area (TPSA) is 125 Å². The molecule has 198 valence electrons. The van der Waals surface area contributed by atoms with Crippen molar-refractivity contribution in [2.45, 2.75) is 70.7 Å². The summed E-state index contributed by atoms with van der Waals surface area (Å²) in [4.78, 5) is 63.6. The molecule has 3 atom stereocenters. The summed E-state index contributed by atoms with van der Waals surface area (Å²) >= 11 is 0. The van der Waals surface area contributed by atoms with Crippen molar-refractivity contribution >= 4 is 56.8 Å². The number of likely N-dealkylation sites (tertiary alicyclic amines) is 1. The number of carbonyl (C=O) groups is 5. The molecule has 2 unspecified atom stereocenters. The number of carbonyl (C=O) groups excluding carboxylic acids is 5. The van der Waals surface area contributed by atoms with Crippen molar-refractivity contribution in [3.8, 4) is 0 Å². The molecular formula is C25H36N4O5S2. The van der Waals surface area contributed by atoms with Gasteiger partial charge >= 0.3 is 0 Å². The van der Waals surface area contributed by atoms with Crippen molar-refractivity contribution in [2.75, 3.05) is 18.1 Å². The third kappa shape index (κ3) is 8.55. The maximum absolute atomic E-state index is 12.9. The summed E-state index contributed by atoms with van der Waals surface area (Å²) in [5.74, 6) is -2.13. The van der Waals surface area contributed by atoms with Crippen LogP contribution in [0.3, 0.4) is 0 Å². The molecule has 1 aromatic rings. The van der Waals surface area contributed by atoms with Crippen LogP contribution in [0.2, 0.25) is 0 Å². The van der Waals surface area contributed by atoms with Crippen molar-refractivity contribution in [1.82, 2.24) is 15.5 Å². The van der Waals surface area contributed by atoms with Gasteiger partial charge in [-0.15, -0.1) is 0 Å². The summed E-state index contributed by atoms with van der Waals surface area (Å²) in [5, 5.41) is 7.70. The van der Waals surface area contributed by atoms with E-state index in [1.807, 2.05) is 30.5 Å². The SMILES string of the molecule is CCCc1ccc(NC(=O)[C@H](C)NC(=O)C(NC(=O)CCN2C(=O)CC(SSC)C2=O)C(C)C)cc1. The Hall–Kier alpha value is -2.53. The molecule has 1 fully saturated rings. The average molecular weight is 537 g/mol. The van der Waals surface area contributed by atoms with Gasteiger partial charge in [-0.1, -0.05) is 60.9 Å². The number of rotatable bonds is 13. The summed E-state index contributed by atoms with van der Waals surface area (Å²) in [6.07, 6.45) is 3.87. The first-order valence-electron chi connectivity index (χ1n) is 12.1. The second-order valence-electron chi connectivity index (χ2n) is 9.04. The molecule has 3 N–H and O–H groups in total. The fourth-order valence-corrected chi connectivity index (χ4v) is 5.54. The Bertz CT molecular complexity index is 954. The molecule has 5 amide bonds. The lowest BCUT2D eigenvalue weighted by Crippen LogP contribution is -2.54. The second-order valence-corrected chi connectivity index (χ2v) is 11.7. The number of anilines is 1. The predicted octanol–water partition coefficient (Wildman–Crippen LogP) is 2.75. The summed E-state index contributed by atoms with van der Waals surface area (Å²) in [7, 11) is 2.76. The van der Waals surface area contributed by atoms with Gasteiger partial charge in [0, 0.05) is 25.1 Å². The Balaban J connectivity index is 1.87. The van der Waals surface area contributed by atoms with Gasteiger partial charge in [0.15, 0.2) is 0 Å². The van der Waals surface area contributed by atoms with Crippen LogP contribution in [-0.2, 0) is 30.4 Å². The van der Waals surface area contributed by atoms with Crippen LogP contribution in [0.4, 0.5) is 5.69 Å². The fraction of sp³-hybridized carbons (Fsp3) is 0.560. The van der Waals surface area contributed by atoms with Crippen molar-refractivity contribution in [3.63, 3.8) is 0 Å². The van der Waals surface area contributed by atoms with E-state index in [0.717, 1.165) is 17.7 Å². The largest absolute Gasteiger partial charge is 0.344 e. The van der Waals surface area contributed by atoms with Crippen molar-refractivity contribution in [3.05, 3.63) is 29.8 Å². The molecule has 9 nitrogen and oxygen atoms in total. The Morgan fingerprint density at radius 3 is 2.31 bits per heavy atom. The van der Waals surface area contributed by atoms with Crippen LogP contribution in [0, 0.1) is 5.92 Å². The van der Waals surface area contributed by atoms with Crippen LogP contribution in [0.15, 0.2) is 24.3 Å². The lowest BCUT2D eigenvalue weighted by atomic mass is 10.0. The Labute approximate surface area is 220 Å². The van der Waals surface area contributed by atoms with Gasteiger partial charge in [-0.05, 0) is 43.2 Å². The highest BCUT2D eigenvalue weighted by molar-refractivity contribution is 8.76. The first-order chi connectivity index (χ1) is 17.1. The molecule has 0 aliphatic carbocycles. The van der Waals surface area contributed by atoms with Crippen LogP contribution in [0.1, 0.15) is 52.5 Å². The number of amides is 5. The van der Waals surface area contributed by atoms with E-state index in [1.165, 1.54) is 27.2 Å². The first-order valence-corrected chi connectivity index (χ1v) is 14.7. The van der Waals surface area contributed by atoms with E-state index in [2.05, 4.69) is 22.9 Å². The molecule has 1 aliphatic heterocycles. The van der Waals surface area contributed by atoms with Crippen molar-refractivity contribution in [2.24, 2.45) is 5.92 Å². The van der Waals surface area contributed by atoms with Gasteiger partial charge in [-0.2, -0.15) is 0 Å². The molecule has 0 saturated carbocycles. The Morgan fingerprint density at radius 2 is 1.72 bits per heavy atom. The number of nitrogens with zero attached hydrogens (tertiary/aromatic N) is 1. The van der Waals surface area contributed by atoms with Crippen LogP contribution in [-0.4, -0.2) is 64.6 Å². The van der Waals surface area contributed by atoms with Crippen LogP contribution in [0.5, 0.6) is 0 Å². The van der Waals surface area contributed by atoms with E-state index >= 15 is 0 Å². The lowest BCUT2D eigenvalue weighted by Gasteiger charge is -2.24. The molecule has 1 aliphatic rings. The Kier molecular flexibility index (Phi) is 11.8. The van der Waals surface area contributed by atoms with Gasteiger partial charge in [0.05, 0.1) is 0 Å². The number of hydrogen-bond acceptors (Lipinski definition) is 7. The highest BCUT2D eigenvalue weighted by atomic mass is 33.1. The van der Waals surface area contributed by atoms with Crippen molar-refractivity contribution < 1.29 is 24.0 Å². The number of nitrogens with one attached hydrogen (secondary N) is 3. The molecule has 0 spiro atoms. The van der Waals surface area contributed by atoms with Crippen LogP contribution in [0.25, 0.3) is 0 Å². The van der Waals surface area contributed by atoms with Crippen LogP contribution < -0.4 is 16.0 Å². The molecule has 1 aromatic carbocycles. The van der Waals surface area contributed by atoms with Gasteiger partial charge in [-0.3, -0.25) is 28.9 Å². The predicted molar refractivity (Wildman–Crippen MR) is 144 cm³/mol. The van der Waals surface area contributed by atoms with Crippen molar-refractivity contribution in [1.29, 1.82) is 0 Å². The molecule has 1 saturated heterocycles. The molecule has 2 rings (SSSR count). The quantitative estimate of drug-likeness (QED) is 0.262. The van der Waals surface area contributed by atoms with Gasteiger partial charge in [0.1, 0.15) is 17.3 Å². The van der Waals surface area contributed by atoms with Gasteiger partial charge < -0.3 is 16.0 Å². The van der Waals surface area contributed by atoms with Crippen LogP contribution >= 0.6 is 21.6 Å². The molecular weight excluding hydrogens is 500 g/mol. The number of imide groups is 1. The number of benzene rings is 1. The van der Waals surface area contributed by atoms with E-state index in [9.17, 15) is 24.0 Å². The number of aryl methyl sites for hydroxylation is 1. The standard InChI is InChI=1S/C25H36N4O5S2/c1-6-7-17-8-10-18(11-9-17)27-23(32)16(4)26-24(33)22(15(2)3)28-20(30)12-13-29-21(31)14-19(25(29)34)36-35-5/h8-11,15-16,19,22H,6-7,12-14H2,1-5H3,(H,26,33)(H,27,32)(H,28,30)/t16-,19?,22?/m0/s1. The lowest BCUT2D eigenvalue weighted by molar-refractivity contribution is -0.139.